The third-order valence-electron chi connectivity index (χ3n) is 0.657. The van der Waals surface area contributed by atoms with Gasteiger partial charge in [-0.2, -0.15) is 4.21 Å². The molecule has 0 radical (unpaired) electrons. The van der Waals surface area contributed by atoms with E-state index in [-0.39, 0.29) is 0 Å². The maximum Gasteiger partial charge on any atom is 0.270 e. The van der Waals surface area contributed by atoms with Crippen LogP contribution >= 0.6 is 11.6 Å². The SMILES string of the molecule is CS(=O)(=[OH+])CCCCl. The first-order valence-electron chi connectivity index (χ1n) is 2.31. The van der Waals surface area contributed by atoms with E-state index in [1.807, 2.05) is 0 Å². The van der Waals surface area contributed by atoms with Crippen LogP contribution in [0.1, 0.15) is 6.42 Å². The largest absolute Gasteiger partial charge is 0.270 e. The Kier molecular flexibility index (Phi) is 3.40. The average Bonchev–Trinajstić information content (AvgIpc) is 1.59. The highest BCUT2D eigenvalue weighted by Crippen LogP contribution is 1.89. The van der Waals surface area contributed by atoms with Crippen molar-refractivity contribution in [2.24, 2.45) is 0 Å². The van der Waals surface area contributed by atoms with E-state index in [4.69, 9.17) is 15.8 Å². The zero-order valence-electron chi connectivity index (χ0n) is 4.76. The standard InChI is InChI=1S/C4H9ClO2S/c1-8(6,7)4-2-3-5/h2-4H2,1H3/p+1. The van der Waals surface area contributed by atoms with Crippen molar-refractivity contribution >= 4 is 21.4 Å². The van der Waals surface area contributed by atoms with E-state index in [2.05, 4.69) is 0 Å². The highest BCUT2D eigenvalue weighted by atomic mass is 35.5. The summed E-state index contributed by atoms with van der Waals surface area (Å²) in [5, 5.41) is 0. The van der Waals surface area contributed by atoms with Crippen molar-refractivity contribution in [3.05, 3.63) is 0 Å². The molecule has 0 amide bonds. The highest BCUT2D eigenvalue weighted by Gasteiger charge is 2.04. The Hall–Kier alpha value is 0.240. The predicted octanol–water partition coefficient (Wildman–Crippen LogP) is 0.817. The van der Waals surface area contributed by atoms with Gasteiger partial charge in [0, 0.05) is 5.88 Å². The van der Waals surface area contributed by atoms with Gasteiger partial charge in [-0.1, -0.05) is 0 Å². The molecule has 0 rings (SSSR count). The third kappa shape index (κ3) is 6.24. The minimum atomic E-state index is -2.52. The molecule has 1 unspecified atom stereocenters. The Bertz CT molecular complexity index is 138. The summed E-state index contributed by atoms with van der Waals surface area (Å²) in [6.45, 7) is 0. The molecule has 0 fully saturated rings. The number of hydrogen-bond acceptors (Lipinski definition) is 1. The molecule has 0 heterocycles. The molecule has 50 valence electrons. The Labute approximate surface area is 54.8 Å². The van der Waals surface area contributed by atoms with Gasteiger partial charge in [-0.3, -0.25) is 0 Å². The summed E-state index contributed by atoms with van der Waals surface area (Å²) in [6, 6.07) is 0. The van der Waals surface area contributed by atoms with Gasteiger partial charge in [-0.25, -0.2) is 4.21 Å². The minimum absolute atomic E-state index is 0.316. The molecule has 0 aromatic heterocycles. The lowest BCUT2D eigenvalue weighted by Crippen LogP contribution is -2.02. The molecular formula is C4H10ClO2S+. The van der Waals surface area contributed by atoms with E-state index in [1.165, 1.54) is 6.26 Å². The molecule has 8 heavy (non-hydrogen) atoms. The zero-order valence-corrected chi connectivity index (χ0v) is 6.34. The molecular weight excluding hydrogens is 148 g/mol. The smallest absolute Gasteiger partial charge is 0.229 e. The van der Waals surface area contributed by atoms with Gasteiger partial charge in [0.25, 0.3) is 9.84 Å². The fourth-order valence-corrected chi connectivity index (χ4v) is 1.29. The van der Waals surface area contributed by atoms with Crippen molar-refractivity contribution in [1.29, 1.82) is 0 Å². The Morgan fingerprint density at radius 2 is 2.25 bits per heavy atom. The summed E-state index contributed by atoms with van der Waals surface area (Å²) in [6.07, 6.45) is 1.94. The lowest BCUT2D eigenvalue weighted by atomic mass is 10.6. The summed E-state index contributed by atoms with van der Waals surface area (Å²) in [7, 11) is -2.52. The fourth-order valence-electron chi connectivity index (χ4n) is 0.322. The Morgan fingerprint density at radius 1 is 1.75 bits per heavy atom. The van der Waals surface area contributed by atoms with Crippen LogP contribution in [0.2, 0.25) is 0 Å². The van der Waals surface area contributed by atoms with Crippen LogP contribution in [-0.2, 0) is 9.84 Å². The number of hydrogen-bond donors (Lipinski definition) is 0. The number of halogens is 1. The van der Waals surface area contributed by atoms with E-state index in [1.54, 1.807) is 0 Å². The summed E-state index contributed by atoms with van der Waals surface area (Å²) in [5.41, 5.74) is 0. The van der Waals surface area contributed by atoms with Crippen LogP contribution in [0.4, 0.5) is 0 Å². The second-order valence-electron chi connectivity index (χ2n) is 1.71. The summed E-state index contributed by atoms with van der Waals surface area (Å²) in [5.74, 6) is 0.780. The topological polar surface area (TPSA) is 38.5 Å². The maximum atomic E-state index is 10.4. The van der Waals surface area contributed by atoms with E-state index in [9.17, 15) is 4.21 Å². The quantitative estimate of drug-likeness (QED) is 0.442. The molecule has 2 nitrogen and oxygen atoms in total. The Morgan fingerprint density at radius 3 is 2.38 bits per heavy atom. The Balaban J connectivity index is 3.42. The van der Waals surface area contributed by atoms with Gasteiger partial charge in [0.1, 0.15) is 0 Å². The minimum Gasteiger partial charge on any atom is -0.229 e. The second kappa shape index (κ2) is 3.30. The lowest BCUT2D eigenvalue weighted by Gasteiger charge is -1.85. The van der Waals surface area contributed by atoms with Crippen LogP contribution in [-0.4, -0.2) is 26.3 Å². The van der Waals surface area contributed by atoms with Crippen molar-refractivity contribution in [2.75, 3.05) is 17.9 Å². The summed E-state index contributed by atoms with van der Waals surface area (Å²) < 4.78 is 19.1. The highest BCUT2D eigenvalue weighted by molar-refractivity contribution is 7.90. The molecule has 0 aliphatic rings. The molecule has 0 saturated heterocycles. The van der Waals surface area contributed by atoms with Crippen LogP contribution in [0.3, 0.4) is 0 Å². The van der Waals surface area contributed by atoms with Crippen LogP contribution < -0.4 is 0 Å². The fraction of sp³-hybridized carbons (Fsp3) is 1.00. The molecule has 1 N–H and O–H groups in total. The van der Waals surface area contributed by atoms with Crippen LogP contribution in [0.5, 0.6) is 0 Å². The summed E-state index contributed by atoms with van der Waals surface area (Å²) >= 11 is 5.27. The monoisotopic (exact) mass is 157 g/mol. The molecule has 0 spiro atoms. The summed E-state index contributed by atoms with van der Waals surface area (Å²) in [4.78, 5) is 0. The molecule has 1 atom stereocenters. The second-order valence-corrected chi connectivity index (χ2v) is 4.41. The van der Waals surface area contributed by atoms with Crippen LogP contribution in [0.15, 0.2) is 0 Å². The molecule has 0 bridgehead atoms. The molecule has 0 aliphatic heterocycles. The van der Waals surface area contributed by atoms with E-state index < -0.39 is 9.84 Å². The van der Waals surface area contributed by atoms with E-state index in [0.29, 0.717) is 18.1 Å². The average molecular weight is 158 g/mol. The van der Waals surface area contributed by atoms with Crippen molar-refractivity contribution in [1.82, 2.24) is 0 Å². The first-order chi connectivity index (χ1) is 3.56. The van der Waals surface area contributed by atoms with Crippen molar-refractivity contribution in [3.8, 4) is 0 Å². The van der Waals surface area contributed by atoms with E-state index in [0.717, 1.165) is 0 Å². The molecule has 0 aromatic carbocycles. The maximum absolute atomic E-state index is 10.4. The van der Waals surface area contributed by atoms with Gasteiger partial charge in [0.2, 0.25) is 0 Å². The first kappa shape index (κ1) is 8.24. The number of alkyl halides is 1. The van der Waals surface area contributed by atoms with Crippen molar-refractivity contribution in [2.45, 2.75) is 6.42 Å². The van der Waals surface area contributed by atoms with Gasteiger partial charge in [-0.15, -0.1) is 11.6 Å². The van der Waals surface area contributed by atoms with Gasteiger partial charge in [-0.05, 0) is 6.42 Å². The van der Waals surface area contributed by atoms with Gasteiger partial charge in [0.15, 0.2) is 0 Å². The van der Waals surface area contributed by atoms with Gasteiger partial charge < -0.3 is 0 Å². The molecule has 0 saturated carbocycles. The van der Waals surface area contributed by atoms with Crippen LogP contribution in [0.25, 0.3) is 0 Å². The molecule has 0 aliphatic carbocycles. The first-order valence-corrected chi connectivity index (χ1v) is 4.94. The zero-order chi connectivity index (χ0) is 6.62. The predicted molar refractivity (Wildman–Crippen MR) is 36.2 cm³/mol. The molecule has 4 heteroatoms. The lowest BCUT2D eigenvalue weighted by molar-refractivity contribution is 0.619. The number of rotatable bonds is 3. The van der Waals surface area contributed by atoms with Crippen molar-refractivity contribution in [3.63, 3.8) is 0 Å². The van der Waals surface area contributed by atoms with Crippen LogP contribution in [0, 0.1) is 0 Å². The van der Waals surface area contributed by atoms with E-state index >= 15 is 0 Å². The van der Waals surface area contributed by atoms with Gasteiger partial charge >= 0.3 is 0 Å². The van der Waals surface area contributed by atoms with Gasteiger partial charge in [0.05, 0.1) is 12.0 Å². The van der Waals surface area contributed by atoms with Crippen molar-refractivity contribution < 1.29 is 8.42 Å². The normalized spacial score (nSPS) is 17.8. The third-order valence-corrected chi connectivity index (χ3v) is 1.97. The molecule has 0 aromatic rings.